The first-order valence-electron chi connectivity index (χ1n) is 13.2. The summed E-state index contributed by atoms with van der Waals surface area (Å²) in [6.07, 6.45) is -2.03. The van der Waals surface area contributed by atoms with Gasteiger partial charge in [0.15, 0.2) is 12.6 Å². The maximum atomic E-state index is 12.4. The number of ether oxygens (including phenoxy) is 4. The minimum Gasteiger partial charge on any atom is -0.468 e. The summed E-state index contributed by atoms with van der Waals surface area (Å²) in [6, 6.07) is -1.53. The lowest BCUT2D eigenvalue weighted by molar-refractivity contribution is -0.286. The van der Waals surface area contributed by atoms with Crippen LogP contribution in [0.25, 0.3) is 0 Å². The van der Waals surface area contributed by atoms with Crippen LogP contribution in [0.3, 0.4) is 0 Å². The number of rotatable bonds is 12. The average Bonchev–Trinajstić information content (AvgIpc) is 2.86. The van der Waals surface area contributed by atoms with Crippen LogP contribution in [0.15, 0.2) is 11.8 Å². The topological polar surface area (TPSA) is 203 Å². The number of amides is 1. The molecule has 2 aliphatic heterocycles. The molecule has 2 heterocycles. The van der Waals surface area contributed by atoms with E-state index in [1.165, 1.54) is 0 Å². The molecule has 0 bridgehead atoms. The Balaban J connectivity index is 1.71. The SMILES string of the molecule is CN[C@@H]1[C@@H](O)[C@@H](O[C@@H]2[C@@H](O)[C@H](O[C@@H]3CCC=C(CNCCO)O3)[C@@H](N)C[C@H]2NC(=O)CCN)OC[C@H]1C. The number of nitrogens with one attached hydrogen (secondary N) is 3. The largest absolute Gasteiger partial charge is 0.468 e. The number of likely N-dealkylation sites (N-methyl/N-ethyl adjacent to an activating group) is 1. The van der Waals surface area contributed by atoms with E-state index >= 15 is 0 Å². The molecule has 37 heavy (non-hydrogen) atoms. The zero-order chi connectivity index (χ0) is 26.9. The molecule has 13 nitrogen and oxygen atoms in total. The quantitative estimate of drug-likeness (QED) is 0.121. The molecule has 10 atom stereocenters. The summed E-state index contributed by atoms with van der Waals surface area (Å²) < 4.78 is 24.0. The van der Waals surface area contributed by atoms with E-state index in [2.05, 4.69) is 16.0 Å². The van der Waals surface area contributed by atoms with Gasteiger partial charge in [-0.05, 0) is 31.9 Å². The van der Waals surface area contributed by atoms with E-state index in [4.69, 9.17) is 35.5 Å². The fourth-order valence-corrected chi connectivity index (χ4v) is 5.16. The van der Waals surface area contributed by atoms with E-state index in [1.807, 2.05) is 13.0 Å². The smallest absolute Gasteiger partial charge is 0.221 e. The second-order valence-electron chi connectivity index (χ2n) is 9.98. The zero-order valence-electron chi connectivity index (χ0n) is 21.8. The van der Waals surface area contributed by atoms with Crippen molar-refractivity contribution in [2.45, 2.75) is 87.7 Å². The van der Waals surface area contributed by atoms with E-state index in [0.717, 1.165) is 6.42 Å². The maximum absolute atomic E-state index is 12.4. The van der Waals surface area contributed by atoms with Gasteiger partial charge in [0.2, 0.25) is 5.91 Å². The number of carbonyl (C=O) groups excluding carboxylic acids is 1. The Morgan fingerprint density at radius 1 is 1.24 bits per heavy atom. The number of nitrogens with two attached hydrogens (primary N) is 2. The third-order valence-electron chi connectivity index (χ3n) is 7.10. The number of hydrogen-bond donors (Lipinski definition) is 8. The lowest BCUT2D eigenvalue weighted by Crippen LogP contribution is -2.67. The molecule has 0 aromatic heterocycles. The van der Waals surface area contributed by atoms with Crippen LogP contribution in [0.5, 0.6) is 0 Å². The Morgan fingerprint density at radius 3 is 2.73 bits per heavy atom. The normalized spacial score (nSPS) is 38.5. The lowest BCUT2D eigenvalue weighted by Gasteiger charge is -2.47. The molecule has 3 aliphatic rings. The number of carbonyl (C=O) groups is 1. The van der Waals surface area contributed by atoms with E-state index < -0.39 is 49.1 Å². The molecule has 1 amide bonds. The van der Waals surface area contributed by atoms with Gasteiger partial charge in [-0.15, -0.1) is 0 Å². The highest BCUT2D eigenvalue weighted by Crippen LogP contribution is 2.31. The zero-order valence-corrected chi connectivity index (χ0v) is 21.8. The molecule has 0 aromatic rings. The maximum Gasteiger partial charge on any atom is 0.221 e. The highest BCUT2D eigenvalue weighted by molar-refractivity contribution is 5.76. The van der Waals surface area contributed by atoms with E-state index in [-0.39, 0.29) is 43.9 Å². The van der Waals surface area contributed by atoms with Crippen LogP contribution >= 0.6 is 0 Å². The monoisotopic (exact) mass is 531 g/mol. The molecular formula is C24H45N5O8. The average molecular weight is 532 g/mol. The van der Waals surface area contributed by atoms with E-state index in [0.29, 0.717) is 31.9 Å². The van der Waals surface area contributed by atoms with Crippen LogP contribution < -0.4 is 27.4 Å². The van der Waals surface area contributed by atoms with Crippen LogP contribution in [-0.4, -0.2) is 116 Å². The number of aliphatic hydroxyl groups excluding tert-OH is 3. The number of aliphatic hydroxyl groups is 3. The molecule has 10 N–H and O–H groups in total. The van der Waals surface area contributed by atoms with Gasteiger partial charge in [0.05, 0.1) is 25.8 Å². The summed E-state index contributed by atoms with van der Waals surface area (Å²) in [5, 5.41) is 40.3. The molecule has 1 saturated heterocycles. The molecule has 0 radical (unpaired) electrons. The van der Waals surface area contributed by atoms with Gasteiger partial charge >= 0.3 is 0 Å². The molecule has 2 fully saturated rings. The molecule has 0 unspecified atom stereocenters. The van der Waals surface area contributed by atoms with Crippen molar-refractivity contribution in [3.05, 3.63) is 11.8 Å². The summed E-state index contributed by atoms with van der Waals surface area (Å²) >= 11 is 0. The predicted molar refractivity (Wildman–Crippen MR) is 134 cm³/mol. The van der Waals surface area contributed by atoms with Gasteiger partial charge in [-0.3, -0.25) is 4.79 Å². The van der Waals surface area contributed by atoms with Gasteiger partial charge in [-0.25, -0.2) is 0 Å². The van der Waals surface area contributed by atoms with Crippen LogP contribution in [-0.2, 0) is 23.7 Å². The summed E-state index contributed by atoms with van der Waals surface area (Å²) in [6.45, 7) is 3.41. The van der Waals surface area contributed by atoms with Gasteiger partial charge in [0.1, 0.15) is 30.2 Å². The van der Waals surface area contributed by atoms with Gasteiger partial charge in [-0.1, -0.05) is 6.92 Å². The molecular weight excluding hydrogens is 486 g/mol. The van der Waals surface area contributed by atoms with Crippen molar-refractivity contribution in [2.24, 2.45) is 17.4 Å². The molecule has 3 rings (SSSR count). The first kappa shape index (κ1) is 30.2. The van der Waals surface area contributed by atoms with Gasteiger partial charge < -0.3 is 61.7 Å². The fraction of sp³-hybridized carbons (Fsp3) is 0.875. The second-order valence-corrected chi connectivity index (χ2v) is 9.98. The fourth-order valence-electron chi connectivity index (χ4n) is 5.16. The van der Waals surface area contributed by atoms with Crippen molar-refractivity contribution in [2.75, 3.05) is 39.9 Å². The molecule has 0 aromatic carbocycles. The Hall–Kier alpha value is -1.39. The van der Waals surface area contributed by atoms with Crippen LogP contribution in [0, 0.1) is 5.92 Å². The number of hydrogen-bond acceptors (Lipinski definition) is 12. The van der Waals surface area contributed by atoms with Crippen molar-refractivity contribution in [1.82, 2.24) is 16.0 Å². The Kier molecular flexibility index (Phi) is 12.0. The van der Waals surface area contributed by atoms with Crippen LogP contribution in [0.2, 0.25) is 0 Å². The summed E-state index contributed by atoms with van der Waals surface area (Å²) in [4.78, 5) is 12.4. The van der Waals surface area contributed by atoms with Crippen molar-refractivity contribution in [3.8, 4) is 0 Å². The molecule has 1 saturated carbocycles. The van der Waals surface area contributed by atoms with Crippen molar-refractivity contribution in [1.29, 1.82) is 0 Å². The van der Waals surface area contributed by atoms with Crippen molar-refractivity contribution in [3.63, 3.8) is 0 Å². The summed E-state index contributed by atoms with van der Waals surface area (Å²) in [5.41, 5.74) is 12.0. The minimum atomic E-state index is -1.24. The summed E-state index contributed by atoms with van der Waals surface area (Å²) in [7, 11) is 1.76. The van der Waals surface area contributed by atoms with Crippen LogP contribution in [0.1, 0.15) is 32.6 Å². The molecule has 214 valence electrons. The third-order valence-corrected chi connectivity index (χ3v) is 7.10. The highest BCUT2D eigenvalue weighted by atomic mass is 16.7. The Morgan fingerprint density at radius 2 is 2.03 bits per heavy atom. The highest BCUT2D eigenvalue weighted by Gasteiger charge is 2.49. The van der Waals surface area contributed by atoms with Crippen LogP contribution in [0.4, 0.5) is 0 Å². The molecule has 13 heteroatoms. The van der Waals surface area contributed by atoms with E-state index in [9.17, 15) is 15.0 Å². The van der Waals surface area contributed by atoms with Crippen molar-refractivity contribution < 1.29 is 39.1 Å². The van der Waals surface area contributed by atoms with Gasteiger partial charge in [0, 0.05) is 38.0 Å². The number of allylic oxidation sites excluding steroid dienone is 1. The van der Waals surface area contributed by atoms with Gasteiger partial charge in [-0.2, -0.15) is 0 Å². The first-order chi connectivity index (χ1) is 17.8. The van der Waals surface area contributed by atoms with Crippen molar-refractivity contribution >= 4 is 5.91 Å². The Bertz CT molecular complexity index is 746. The predicted octanol–water partition coefficient (Wildman–Crippen LogP) is -2.77. The summed E-state index contributed by atoms with van der Waals surface area (Å²) in [5.74, 6) is 0.458. The lowest BCUT2D eigenvalue weighted by atomic mass is 9.83. The minimum absolute atomic E-state index is 0.0219. The second kappa shape index (κ2) is 14.7. The standard InChI is InChI=1S/C24H45N5O8/c1-13-12-34-24(20(32)19(13)27-2)37-23-16(29-17(31)6-7-25)10-15(26)22(21(23)33)36-18-5-3-4-14(35-18)11-28-8-9-30/h4,13,15-16,18-24,27-28,30,32-33H,3,5-12,25-26H2,1-2H3,(H,29,31)/t13-,15+,16-,18-,19+,20-,21+,22-,23+,24-/m1/s1. The van der Waals surface area contributed by atoms with Gasteiger partial charge in [0.25, 0.3) is 0 Å². The molecule has 1 aliphatic carbocycles. The molecule has 0 spiro atoms. The third kappa shape index (κ3) is 8.05. The Labute approximate surface area is 218 Å². The first-order valence-corrected chi connectivity index (χ1v) is 13.2. The van der Waals surface area contributed by atoms with E-state index in [1.54, 1.807) is 7.05 Å².